The summed E-state index contributed by atoms with van der Waals surface area (Å²) in [7, 11) is -0.163. The highest BCUT2D eigenvalue weighted by atomic mass is 28.4. The van der Waals surface area contributed by atoms with Crippen LogP contribution < -0.4 is 0 Å². The molecule has 0 aromatic heterocycles. The summed E-state index contributed by atoms with van der Waals surface area (Å²) in [6.45, 7) is 16.7. The first-order valence-electron chi connectivity index (χ1n) is 5.20. The summed E-state index contributed by atoms with van der Waals surface area (Å²) in [4.78, 5) is 0. The second kappa shape index (κ2) is 4.88. The average Bonchev–Trinajstić information content (AvgIpc) is 1.99. The molecule has 0 heterocycles. The molecule has 0 aromatic carbocycles. The molecule has 0 amide bonds. The molecule has 0 atom stereocenters. The Morgan fingerprint density at radius 2 is 1.73 bits per heavy atom. The quantitative estimate of drug-likeness (QED) is 0.410. The zero-order chi connectivity index (χ0) is 12.3. The second-order valence-corrected chi connectivity index (χ2v) is 10.1. The molecule has 0 unspecified atom stereocenters. The summed E-state index contributed by atoms with van der Waals surface area (Å²) in [6.07, 6.45) is 1.83. The van der Waals surface area contributed by atoms with E-state index in [1.54, 1.807) is 7.11 Å². The Bertz CT molecular complexity index is 259. The molecule has 0 N–H and O–H groups in total. The highest BCUT2D eigenvalue weighted by molar-refractivity contribution is 6.74. The van der Waals surface area contributed by atoms with Crippen molar-refractivity contribution in [2.45, 2.75) is 45.8 Å². The number of hydrogen-bond acceptors (Lipinski definition) is 2. The maximum absolute atomic E-state index is 5.98. The molecule has 0 saturated carbocycles. The molecule has 0 aliphatic carbocycles. The second-order valence-electron chi connectivity index (χ2n) is 5.38. The Kier molecular flexibility index (Phi) is 4.65. The van der Waals surface area contributed by atoms with Crippen LogP contribution in [-0.2, 0) is 9.16 Å². The van der Waals surface area contributed by atoms with Gasteiger partial charge in [0.25, 0.3) is 14.3 Å². The number of allylic oxidation sites excluding steroid dienone is 2. The van der Waals surface area contributed by atoms with Crippen LogP contribution in [0.3, 0.4) is 0 Å². The van der Waals surface area contributed by atoms with Crippen LogP contribution in [0.5, 0.6) is 0 Å². The first kappa shape index (κ1) is 14.3. The number of rotatable bonds is 4. The van der Waals surface area contributed by atoms with Crippen molar-refractivity contribution >= 4 is 8.32 Å². The third-order valence-electron chi connectivity index (χ3n) is 2.73. The van der Waals surface area contributed by atoms with Crippen molar-refractivity contribution < 1.29 is 9.16 Å². The molecule has 2 nitrogen and oxygen atoms in total. The van der Waals surface area contributed by atoms with Gasteiger partial charge < -0.3 is 9.16 Å². The van der Waals surface area contributed by atoms with Crippen LogP contribution in [0, 0.1) is 0 Å². The summed E-state index contributed by atoms with van der Waals surface area (Å²) in [5, 5.41) is 0.180. The van der Waals surface area contributed by atoms with Crippen molar-refractivity contribution in [1.82, 2.24) is 0 Å². The zero-order valence-electron chi connectivity index (χ0n) is 11.1. The summed E-state index contributed by atoms with van der Waals surface area (Å²) in [5.74, 6) is 0.578. The maximum atomic E-state index is 5.98. The van der Waals surface area contributed by atoms with Gasteiger partial charge in [0.1, 0.15) is 0 Å². The van der Waals surface area contributed by atoms with E-state index in [1.165, 1.54) is 0 Å². The van der Waals surface area contributed by atoms with Crippen LogP contribution in [-0.4, -0.2) is 15.4 Å². The summed E-state index contributed by atoms with van der Waals surface area (Å²) < 4.78 is 11.2. The Morgan fingerprint density at radius 3 is 2.00 bits per heavy atom. The average molecular weight is 228 g/mol. The third kappa shape index (κ3) is 4.56. The van der Waals surface area contributed by atoms with Gasteiger partial charge in [-0.1, -0.05) is 32.9 Å². The van der Waals surface area contributed by atoms with Crippen molar-refractivity contribution in [3.8, 4) is 0 Å². The fourth-order valence-corrected chi connectivity index (χ4v) is 1.69. The van der Waals surface area contributed by atoms with Gasteiger partial charge in [-0.2, -0.15) is 0 Å². The minimum absolute atomic E-state index is 0.180. The fourth-order valence-electron chi connectivity index (χ4n) is 0.736. The number of hydrogen-bond donors (Lipinski definition) is 0. The van der Waals surface area contributed by atoms with Crippen LogP contribution >= 0.6 is 0 Å². The van der Waals surface area contributed by atoms with Gasteiger partial charge in [-0.25, -0.2) is 0 Å². The van der Waals surface area contributed by atoms with Crippen LogP contribution in [0.1, 0.15) is 27.7 Å². The van der Waals surface area contributed by atoms with E-state index in [1.807, 2.05) is 13.0 Å². The Labute approximate surface area is 95.1 Å². The molecule has 0 saturated heterocycles. The van der Waals surface area contributed by atoms with Crippen molar-refractivity contribution in [3.05, 3.63) is 24.2 Å². The van der Waals surface area contributed by atoms with Gasteiger partial charge in [-0.15, -0.1) is 0 Å². The van der Waals surface area contributed by atoms with Gasteiger partial charge in [-0.3, -0.25) is 0 Å². The Morgan fingerprint density at radius 1 is 1.27 bits per heavy atom. The van der Waals surface area contributed by atoms with E-state index >= 15 is 0 Å². The van der Waals surface area contributed by atoms with Crippen LogP contribution in [0.4, 0.5) is 0 Å². The number of ether oxygens (including phenoxy) is 1. The zero-order valence-corrected chi connectivity index (χ0v) is 12.1. The molecule has 0 aliphatic rings. The standard InChI is InChI=1S/C12H24O2Si/c1-10(2)9-11(13-6)14-15(7,8)12(3,4)5/h9H,1H2,2-8H3/b11-9+. The lowest BCUT2D eigenvalue weighted by Gasteiger charge is -2.36. The largest absolute Gasteiger partial charge is 0.519 e. The topological polar surface area (TPSA) is 18.5 Å². The van der Waals surface area contributed by atoms with E-state index in [2.05, 4.69) is 40.4 Å². The highest BCUT2D eigenvalue weighted by Gasteiger charge is 2.39. The predicted molar refractivity (Wildman–Crippen MR) is 68.2 cm³/mol. The molecule has 0 bridgehead atoms. The molecule has 0 radical (unpaired) electrons. The van der Waals surface area contributed by atoms with E-state index in [-0.39, 0.29) is 5.04 Å². The minimum atomic E-state index is -1.79. The summed E-state index contributed by atoms with van der Waals surface area (Å²) >= 11 is 0. The molecular formula is C12H24O2Si. The molecule has 0 aromatic rings. The van der Waals surface area contributed by atoms with Gasteiger partial charge in [0.05, 0.1) is 7.11 Å². The monoisotopic (exact) mass is 228 g/mol. The Hall–Kier alpha value is -0.703. The van der Waals surface area contributed by atoms with Gasteiger partial charge in [0, 0.05) is 6.08 Å². The van der Waals surface area contributed by atoms with Gasteiger partial charge in [-0.05, 0) is 25.1 Å². The van der Waals surface area contributed by atoms with Crippen molar-refractivity contribution in [1.29, 1.82) is 0 Å². The fraction of sp³-hybridized carbons (Fsp3) is 0.667. The van der Waals surface area contributed by atoms with Crippen molar-refractivity contribution in [2.24, 2.45) is 0 Å². The van der Waals surface area contributed by atoms with Crippen LogP contribution in [0.25, 0.3) is 0 Å². The highest BCUT2D eigenvalue weighted by Crippen LogP contribution is 2.37. The molecule has 15 heavy (non-hydrogen) atoms. The van der Waals surface area contributed by atoms with Crippen molar-refractivity contribution in [2.75, 3.05) is 7.11 Å². The molecule has 0 aliphatic heterocycles. The molecule has 0 rings (SSSR count). The van der Waals surface area contributed by atoms with Gasteiger partial charge >= 0.3 is 0 Å². The van der Waals surface area contributed by atoms with Crippen LogP contribution in [0.2, 0.25) is 18.1 Å². The van der Waals surface area contributed by atoms with Crippen LogP contribution in [0.15, 0.2) is 24.2 Å². The van der Waals surface area contributed by atoms with Gasteiger partial charge in [0.15, 0.2) is 0 Å². The number of methoxy groups -OCH3 is 1. The van der Waals surface area contributed by atoms with E-state index in [9.17, 15) is 0 Å². The summed E-state index contributed by atoms with van der Waals surface area (Å²) in [5.41, 5.74) is 0.936. The minimum Gasteiger partial charge on any atom is -0.519 e. The molecule has 88 valence electrons. The normalized spacial score (nSPS) is 13.7. The molecule has 0 spiro atoms. The first-order chi connectivity index (χ1) is 6.60. The Balaban J connectivity index is 4.77. The lowest BCUT2D eigenvalue weighted by molar-refractivity contribution is 0.140. The van der Waals surface area contributed by atoms with E-state index < -0.39 is 8.32 Å². The van der Waals surface area contributed by atoms with E-state index in [0.717, 1.165) is 5.57 Å². The lowest BCUT2D eigenvalue weighted by atomic mass is 10.2. The smallest absolute Gasteiger partial charge is 0.265 e. The SMILES string of the molecule is C=C(C)/C=C(\OC)O[Si](C)(C)C(C)(C)C. The first-order valence-corrected chi connectivity index (χ1v) is 8.11. The molecule has 3 heteroatoms. The molecule has 0 fully saturated rings. The van der Waals surface area contributed by atoms with Gasteiger partial charge in [0.2, 0.25) is 0 Å². The summed E-state index contributed by atoms with van der Waals surface area (Å²) in [6, 6.07) is 0. The van der Waals surface area contributed by atoms with E-state index in [0.29, 0.717) is 5.95 Å². The lowest BCUT2D eigenvalue weighted by Crippen LogP contribution is -2.40. The van der Waals surface area contributed by atoms with E-state index in [4.69, 9.17) is 9.16 Å². The predicted octanol–water partition coefficient (Wildman–Crippen LogP) is 4.07. The maximum Gasteiger partial charge on any atom is 0.265 e. The molecular weight excluding hydrogens is 204 g/mol. The van der Waals surface area contributed by atoms with Crippen molar-refractivity contribution in [3.63, 3.8) is 0 Å². The third-order valence-corrected chi connectivity index (χ3v) is 7.05.